The summed E-state index contributed by atoms with van der Waals surface area (Å²) in [5.74, 6) is -0.528. The van der Waals surface area contributed by atoms with Gasteiger partial charge in [0.25, 0.3) is 5.91 Å². The Labute approximate surface area is 152 Å². The molecule has 0 aliphatic heterocycles. The highest BCUT2D eigenvalue weighted by atomic mass is 19.1. The second kappa shape index (κ2) is 8.56. The first-order valence-electron chi connectivity index (χ1n) is 8.85. The molecule has 1 aromatic carbocycles. The van der Waals surface area contributed by atoms with Gasteiger partial charge in [0.15, 0.2) is 0 Å². The van der Waals surface area contributed by atoms with Crippen molar-refractivity contribution < 1.29 is 14.0 Å². The van der Waals surface area contributed by atoms with Crippen molar-refractivity contribution in [2.75, 3.05) is 6.54 Å². The van der Waals surface area contributed by atoms with E-state index in [2.05, 4.69) is 10.3 Å². The molecule has 1 aliphatic rings. The average molecular weight is 355 g/mol. The molecule has 0 bridgehead atoms. The maximum Gasteiger partial charge on any atom is 0.251 e. The summed E-state index contributed by atoms with van der Waals surface area (Å²) in [5, 5.41) is 2.77. The maximum absolute atomic E-state index is 12.9. The molecule has 0 atom stereocenters. The average Bonchev–Trinajstić information content (AvgIpc) is 3.49. The standard InChI is InChI=1S/C20H22FN3O2/c21-17-7-5-16(6-8-17)20(26)23-12-2-4-19(25)24(18-9-10-18)14-15-3-1-11-22-13-15/h1,3,5-8,11,13,18H,2,4,9-10,12,14H2,(H,23,26). The lowest BCUT2D eigenvalue weighted by atomic mass is 10.2. The molecule has 1 aliphatic carbocycles. The molecule has 3 rings (SSSR count). The predicted octanol–water partition coefficient (Wildman–Crippen LogP) is 2.92. The number of benzene rings is 1. The number of carbonyl (C=O) groups excluding carboxylic acids is 2. The Morgan fingerprint density at radius 1 is 1.19 bits per heavy atom. The van der Waals surface area contributed by atoms with Crippen LogP contribution in [0.15, 0.2) is 48.8 Å². The summed E-state index contributed by atoms with van der Waals surface area (Å²) in [6.07, 6.45) is 6.56. The molecule has 0 radical (unpaired) electrons. The van der Waals surface area contributed by atoms with E-state index in [-0.39, 0.29) is 17.6 Å². The minimum atomic E-state index is -0.374. The summed E-state index contributed by atoms with van der Waals surface area (Å²) in [6.45, 7) is 0.993. The van der Waals surface area contributed by atoms with Gasteiger partial charge in [-0.05, 0) is 55.2 Å². The van der Waals surface area contributed by atoms with Crippen LogP contribution in [-0.2, 0) is 11.3 Å². The second-order valence-electron chi connectivity index (χ2n) is 6.48. The Morgan fingerprint density at radius 3 is 2.62 bits per heavy atom. The fourth-order valence-corrected chi connectivity index (χ4v) is 2.78. The summed E-state index contributed by atoms with van der Waals surface area (Å²) < 4.78 is 12.9. The molecule has 26 heavy (non-hydrogen) atoms. The van der Waals surface area contributed by atoms with Crippen LogP contribution in [-0.4, -0.2) is 34.3 Å². The third-order valence-electron chi connectivity index (χ3n) is 4.34. The van der Waals surface area contributed by atoms with Crippen LogP contribution in [0.1, 0.15) is 41.6 Å². The monoisotopic (exact) mass is 355 g/mol. The van der Waals surface area contributed by atoms with Gasteiger partial charge in [-0.1, -0.05) is 6.07 Å². The van der Waals surface area contributed by atoms with Crippen LogP contribution in [0, 0.1) is 5.82 Å². The summed E-state index contributed by atoms with van der Waals surface area (Å²) in [6, 6.07) is 9.57. The lowest BCUT2D eigenvalue weighted by molar-refractivity contribution is -0.132. The van der Waals surface area contributed by atoms with E-state index in [0.29, 0.717) is 37.5 Å². The molecule has 1 saturated carbocycles. The molecule has 2 amide bonds. The van der Waals surface area contributed by atoms with Crippen molar-refractivity contribution in [3.05, 3.63) is 65.7 Å². The minimum absolute atomic E-state index is 0.104. The normalized spacial score (nSPS) is 13.3. The number of pyridine rings is 1. The van der Waals surface area contributed by atoms with Crippen LogP contribution in [0.4, 0.5) is 4.39 Å². The minimum Gasteiger partial charge on any atom is -0.352 e. The second-order valence-corrected chi connectivity index (χ2v) is 6.48. The van der Waals surface area contributed by atoms with Gasteiger partial charge < -0.3 is 10.2 Å². The molecule has 5 nitrogen and oxygen atoms in total. The third-order valence-corrected chi connectivity index (χ3v) is 4.34. The van der Waals surface area contributed by atoms with Crippen LogP contribution < -0.4 is 5.32 Å². The number of amides is 2. The van der Waals surface area contributed by atoms with Crippen LogP contribution >= 0.6 is 0 Å². The maximum atomic E-state index is 12.9. The number of hydrogen-bond donors (Lipinski definition) is 1. The van der Waals surface area contributed by atoms with E-state index >= 15 is 0 Å². The van der Waals surface area contributed by atoms with Gasteiger partial charge in [0.2, 0.25) is 5.91 Å². The number of nitrogens with one attached hydrogen (secondary N) is 1. The Balaban J connectivity index is 1.43. The van der Waals surface area contributed by atoms with Gasteiger partial charge >= 0.3 is 0 Å². The van der Waals surface area contributed by atoms with Crippen molar-refractivity contribution in [3.8, 4) is 0 Å². The molecule has 0 spiro atoms. The van der Waals surface area contributed by atoms with E-state index in [9.17, 15) is 14.0 Å². The molecule has 0 unspecified atom stereocenters. The Bertz CT molecular complexity index is 745. The number of hydrogen-bond acceptors (Lipinski definition) is 3. The van der Waals surface area contributed by atoms with Gasteiger partial charge in [-0.3, -0.25) is 14.6 Å². The van der Waals surface area contributed by atoms with E-state index in [1.807, 2.05) is 17.0 Å². The molecule has 0 saturated heterocycles. The highest BCUT2D eigenvalue weighted by Gasteiger charge is 2.32. The third kappa shape index (κ3) is 5.12. The fraction of sp³-hybridized carbons (Fsp3) is 0.350. The first-order valence-corrected chi connectivity index (χ1v) is 8.85. The van der Waals surface area contributed by atoms with Crippen LogP contribution in [0.25, 0.3) is 0 Å². The summed E-state index contributed by atoms with van der Waals surface area (Å²) in [5.41, 5.74) is 1.44. The van der Waals surface area contributed by atoms with E-state index in [0.717, 1.165) is 18.4 Å². The first-order chi connectivity index (χ1) is 12.6. The first kappa shape index (κ1) is 18.0. The molecule has 6 heteroatoms. The molecule has 2 aromatic rings. The van der Waals surface area contributed by atoms with Crippen molar-refractivity contribution >= 4 is 11.8 Å². The molecular formula is C20H22FN3O2. The van der Waals surface area contributed by atoms with Crippen molar-refractivity contribution in [1.82, 2.24) is 15.2 Å². The van der Waals surface area contributed by atoms with Crippen molar-refractivity contribution in [1.29, 1.82) is 0 Å². The zero-order chi connectivity index (χ0) is 18.4. The molecule has 136 valence electrons. The van der Waals surface area contributed by atoms with Gasteiger partial charge in [-0.2, -0.15) is 0 Å². The highest BCUT2D eigenvalue weighted by molar-refractivity contribution is 5.94. The Morgan fingerprint density at radius 2 is 1.96 bits per heavy atom. The van der Waals surface area contributed by atoms with Gasteiger partial charge in [0.1, 0.15) is 5.82 Å². The largest absolute Gasteiger partial charge is 0.352 e. The van der Waals surface area contributed by atoms with Gasteiger partial charge in [0.05, 0.1) is 0 Å². The van der Waals surface area contributed by atoms with Crippen molar-refractivity contribution in [2.45, 2.75) is 38.3 Å². The SMILES string of the molecule is O=C(NCCCC(=O)N(Cc1cccnc1)C1CC1)c1ccc(F)cc1. The molecular weight excluding hydrogens is 333 g/mol. The topological polar surface area (TPSA) is 62.3 Å². The zero-order valence-corrected chi connectivity index (χ0v) is 14.5. The van der Waals surface area contributed by atoms with Crippen LogP contribution in [0.2, 0.25) is 0 Å². The Hall–Kier alpha value is -2.76. The summed E-state index contributed by atoms with van der Waals surface area (Å²) >= 11 is 0. The van der Waals surface area contributed by atoms with E-state index < -0.39 is 0 Å². The highest BCUT2D eigenvalue weighted by Crippen LogP contribution is 2.29. The van der Waals surface area contributed by atoms with Gasteiger partial charge in [-0.15, -0.1) is 0 Å². The molecule has 1 aromatic heterocycles. The number of halogens is 1. The van der Waals surface area contributed by atoms with Crippen LogP contribution in [0.3, 0.4) is 0 Å². The zero-order valence-electron chi connectivity index (χ0n) is 14.5. The smallest absolute Gasteiger partial charge is 0.251 e. The Kier molecular flexibility index (Phi) is 5.94. The quantitative estimate of drug-likeness (QED) is 0.741. The molecule has 1 heterocycles. The lowest BCUT2D eigenvalue weighted by Crippen LogP contribution is -2.33. The van der Waals surface area contributed by atoms with E-state index in [1.54, 1.807) is 12.4 Å². The van der Waals surface area contributed by atoms with Gasteiger partial charge in [-0.25, -0.2) is 4.39 Å². The van der Waals surface area contributed by atoms with Crippen molar-refractivity contribution in [2.24, 2.45) is 0 Å². The lowest BCUT2D eigenvalue weighted by Gasteiger charge is -2.22. The molecule has 1 N–H and O–H groups in total. The number of rotatable bonds is 8. The van der Waals surface area contributed by atoms with Gasteiger partial charge in [0, 0.05) is 43.5 Å². The number of carbonyl (C=O) groups is 2. The van der Waals surface area contributed by atoms with Crippen molar-refractivity contribution in [3.63, 3.8) is 0 Å². The number of aromatic nitrogens is 1. The molecule has 1 fully saturated rings. The van der Waals surface area contributed by atoms with E-state index in [4.69, 9.17) is 0 Å². The summed E-state index contributed by atoms with van der Waals surface area (Å²) in [4.78, 5) is 30.5. The van der Waals surface area contributed by atoms with E-state index in [1.165, 1.54) is 24.3 Å². The van der Waals surface area contributed by atoms with Crippen LogP contribution in [0.5, 0.6) is 0 Å². The summed E-state index contributed by atoms with van der Waals surface area (Å²) in [7, 11) is 0. The predicted molar refractivity (Wildman–Crippen MR) is 95.8 cm³/mol. The fourth-order valence-electron chi connectivity index (χ4n) is 2.78. The number of nitrogens with zero attached hydrogens (tertiary/aromatic N) is 2.